The minimum absolute atomic E-state index is 0.239. The van der Waals surface area contributed by atoms with Crippen LogP contribution in [0, 0.1) is 19.7 Å². The Bertz CT molecular complexity index is 546. The van der Waals surface area contributed by atoms with Crippen LogP contribution in [0.1, 0.15) is 23.9 Å². The Balaban J connectivity index is 2.51. The van der Waals surface area contributed by atoms with Gasteiger partial charge in [-0.15, -0.1) is 0 Å². The quantitative estimate of drug-likeness (QED) is 0.900. The number of hydrogen-bond acceptors (Lipinski definition) is 2. The molecule has 0 bridgehead atoms. The van der Waals surface area contributed by atoms with E-state index in [1.165, 1.54) is 6.07 Å². The highest BCUT2D eigenvalue weighted by Crippen LogP contribution is 2.20. The van der Waals surface area contributed by atoms with E-state index in [0.717, 1.165) is 23.5 Å². The molecule has 1 N–H and O–H groups in total. The molecule has 2 aromatic rings. The van der Waals surface area contributed by atoms with E-state index in [1.807, 2.05) is 32.9 Å². The van der Waals surface area contributed by atoms with E-state index in [-0.39, 0.29) is 5.82 Å². The van der Waals surface area contributed by atoms with Crippen LogP contribution in [0.2, 0.25) is 0 Å². The molecular weight excluding hydrogens is 229 g/mol. The van der Waals surface area contributed by atoms with Crippen molar-refractivity contribution in [1.82, 2.24) is 15.1 Å². The van der Waals surface area contributed by atoms with Gasteiger partial charge in [-0.1, -0.05) is 19.1 Å². The maximum Gasteiger partial charge on any atom is 0.149 e. The third-order valence-electron chi connectivity index (χ3n) is 2.86. The van der Waals surface area contributed by atoms with Crippen LogP contribution in [0.3, 0.4) is 0 Å². The molecule has 3 nitrogen and oxygen atoms in total. The predicted octanol–water partition coefficient (Wildman–Crippen LogP) is 2.74. The molecule has 0 fully saturated rings. The molecule has 1 aromatic carbocycles. The second kappa shape index (κ2) is 5.31. The van der Waals surface area contributed by atoms with Crippen LogP contribution in [0.5, 0.6) is 0 Å². The van der Waals surface area contributed by atoms with Crippen LogP contribution in [-0.4, -0.2) is 16.3 Å². The monoisotopic (exact) mass is 247 g/mol. The number of rotatable bonds is 4. The minimum atomic E-state index is -0.239. The molecule has 2 rings (SSSR count). The van der Waals surface area contributed by atoms with Crippen molar-refractivity contribution < 1.29 is 4.39 Å². The fourth-order valence-corrected chi connectivity index (χ4v) is 2.05. The molecule has 0 saturated heterocycles. The lowest BCUT2D eigenvalue weighted by Gasteiger charge is -2.12. The van der Waals surface area contributed by atoms with Crippen molar-refractivity contribution in [3.8, 4) is 5.69 Å². The largest absolute Gasteiger partial charge is 0.313 e. The highest BCUT2D eigenvalue weighted by Gasteiger charge is 2.13. The predicted molar refractivity (Wildman–Crippen MR) is 70.4 cm³/mol. The van der Waals surface area contributed by atoms with E-state index in [9.17, 15) is 4.39 Å². The van der Waals surface area contributed by atoms with Gasteiger partial charge < -0.3 is 5.32 Å². The second-order valence-corrected chi connectivity index (χ2v) is 4.37. The summed E-state index contributed by atoms with van der Waals surface area (Å²) in [7, 11) is 0. The SMILES string of the molecule is CCNCc1cccc(F)c1-n1nc(C)cc1C. The number of halogens is 1. The average Bonchev–Trinajstić information content (AvgIpc) is 2.65. The number of para-hydroxylation sites is 1. The molecule has 0 saturated carbocycles. The summed E-state index contributed by atoms with van der Waals surface area (Å²) in [4.78, 5) is 0. The van der Waals surface area contributed by atoms with E-state index >= 15 is 0 Å². The molecule has 18 heavy (non-hydrogen) atoms. The summed E-state index contributed by atoms with van der Waals surface area (Å²) in [6, 6.07) is 7.08. The second-order valence-electron chi connectivity index (χ2n) is 4.37. The first-order valence-electron chi connectivity index (χ1n) is 6.15. The number of nitrogens with zero attached hydrogens (tertiary/aromatic N) is 2. The first-order valence-corrected chi connectivity index (χ1v) is 6.15. The zero-order valence-corrected chi connectivity index (χ0v) is 11.0. The van der Waals surface area contributed by atoms with Gasteiger partial charge in [0.1, 0.15) is 11.5 Å². The summed E-state index contributed by atoms with van der Waals surface area (Å²) in [5.74, 6) is -0.239. The van der Waals surface area contributed by atoms with E-state index in [4.69, 9.17) is 0 Å². The third kappa shape index (κ3) is 2.43. The number of aryl methyl sites for hydroxylation is 2. The summed E-state index contributed by atoms with van der Waals surface area (Å²) in [6.07, 6.45) is 0. The zero-order valence-electron chi connectivity index (χ0n) is 11.0. The molecule has 0 radical (unpaired) electrons. The van der Waals surface area contributed by atoms with Crippen LogP contribution in [0.4, 0.5) is 4.39 Å². The molecule has 1 heterocycles. The Morgan fingerprint density at radius 1 is 1.33 bits per heavy atom. The van der Waals surface area contributed by atoms with Crippen molar-refractivity contribution >= 4 is 0 Å². The summed E-state index contributed by atoms with van der Waals surface area (Å²) in [5, 5.41) is 7.58. The van der Waals surface area contributed by atoms with Gasteiger partial charge in [0.15, 0.2) is 0 Å². The van der Waals surface area contributed by atoms with Crippen LogP contribution < -0.4 is 5.32 Å². The number of nitrogens with one attached hydrogen (secondary N) is 1. The number of aromatic nitrogens is 2. The van der Waals surface area contributed by atoms with E-state index in [1.54, 1.807) is 10.7 Å². The molecule has 0 amide bonds. The smallest absolute Gasteiger partial charge is 0.149 e. The fraction of sp³-hybridized carbons (Fsp3) is 0.357. The summed E-state index contributed by atoms with van der Waals surface area (Å²) >= 11 is 0. The first-order chi connectivity index (χ1) is 8.63. The van der Waals surface area contributed by atoms with Crippen LogP contribution >= 0.6 is 0 Å². The Morgan fingerprint density at radius 3 is 2.72 bits per heavy atom. The molecule has 0 spiro atoms. The van der Waals surface area contributed by atoms with E-state index in [2.05, 4.69) is 10.4 Å². The van der Waals surface area contributed by atoms with Gasteiger partial charge in [0.05, 0.1) is 5.69 Å². The fourth-order valence-electron chi connectivity index (χ4n) is 2.05. The Morgan fingerprint density at radius 2 is 2.11 bits per heavy atom. The van der Waals surface area contributed by atoms with Gasteiger partial charge in [0.25, 0.3) is 0 Å². The molecule has 0 unspecified atom stereocenters. The van der Waals surface area contributed by atoms with Crippen molar-refractivity contribution in [2.75, 3.05) is 6.54 Å². The lowest BCUT2D eigenvalue weighted by atomic mass is 10.1. The maximum absolute atomic E-state index is 14.1. The van der Waals surface area contributed by atoms with Gasteiger partial charge in [-0.05, 0) is 38.1 Å². The van der Waals surface area contributed by atoms with Crippen molar-refractivity contribution in [2.24, 2.45) is 0 Å². The molecule has 0 aliphatic carbocycles. The Kier molecular flexibility index (Phi) is 3.77. The minimum Gasteiger partial charge on any atom is -0.313 e. The van der Waals surface area contributed by atoms with Gasteiger partial charge >= 0.3 is 0 Å². The van der Waals surface area contributed by atoms with E-state index in [0.29, 0.717) is 12.2 Å². The van der Waals surface area contributed by atoms with Crippen molar-refractivity contribution in [3.05, 3.63) is 47.0 Å². The van der Waals surface area contributed by atoms with Crippen molar-refractivity contribution in [1.29, 1.82) is 0 Å². The third-order valence-corrected chi connectivity index (χ3v) is 2.86. The maximum atomic E-state index is 14.1. The molecule has 0 aliphatic rings. The normalized spacial score (nSPS) is 10.9. The highest BCUT2D eigenvalue weighted by molar-refractivity contribution is 5.43. The standard InChI is InChI=1S/C14H18FN3/c1-4-16-9-12-6-5-7-13(15)14(12)18-11(3)8-10(2)17-18/h5-8,16H,4,9H2,1-3H3. The Labute approximate surface area is 107 Å². The highest BCUT2D eigenvalue weighted by atomic mass is 19.1. The average molecular weight is 247 g/mol. The lowest BCUT2D eigenvalue weighted by molar-refractivity contribution is 0.599. The van der Waals surface area contributed by atoms with Gasteiger partial charge in [0.2, 0.25) is 0 Å². The molecule has 4 heteroatoms. The van der Waals surface area contributed by atoms with Crippen LogP contribution in [-0.2, 0) is 6.54 Å². The molecule has 0 aliphatic heterocycles. The molecule has 1 aromatic heterocycles. The molecular formula is C14H18FN3. The number of benzene rings is 1. The summed E-state index contributed by atoms with van der Waals surface area (Å²) in [6.45, 7) is 7.37. The van der Waals surface area contributed by atoms with Gasteiger partial charge in [-0.3, -0.25) is 0 Å². The van der Waals surface area contributed by atoms with Gasteiger partial charge in [-0.2, -0.15) is 5.10 Å². The van der Waals surface area contributed by atoms with Crippen LogP contribution in [0.15, 0.2) is 24.3 Å². The Hall–Kier alpha value is -1.68. The van der Waals surface area contributed by atoms with Crippen molar-refractivity contribution in [2.45, 2.75) is 27.3 Å². The topological polar surface area (TPSA) is 29.9 Å². The van der Waals surface area contributed by atoms with Gasteiger partial charge in [-0.25, -0.2) is 9.07 Å². The molecule has 0 atom stereocenters. The first kappa shape index (κ1) is 12.8. The van der Waals surface area contributed by atoms with Crippen LogP contribution in [0.25, 0.3) is 5.69 Å². The molecule has 96 valence electrons. The van der Waals surface area contributed by atoms with Crippen molar-refractivity contribution in [3.63, 3.8) is 0 Å². The van der Waals surface area contributed by atoms with E-state index < -0.39 is 0 Å². The zero-order chi connectivity index (χ0) is 13.1. The number of hydrogen-bond donors (Lipinski definition) is 1. The summed E-state index contributed by atoms with van der Waals surface area (Å²) < 4.78 is 15.7. The lowest BCUT2D eigenvalue weighted by Crippen LogP contribution is -2.15. The van der Waals surface area contributed by atoms with Gasteiger partial charge in [0, 0.05) is 12.2 Å². The summed E-state index contributed by atoms with van der Waals surface area (Å²) in [5.41, 5.74) is 3.30.